The second kappa shape index (κ2) is 8.23. The monoisotopic (exact) mass is 441 g/mol. The van der Waals surface area contributed by atoms with Crippen molar-refractivity contribution < 1.29 is 13.5 Å². The molecule has 1 N–H and O–H groups in total. The molecule has 5 heterocycles. The first-order valence-corrected chi connectivity index (χ1v) is 11.7. The summed E-state index contributed by atoms with van der Waals surface area (Å²) in [5.74, 6) is 4.20. The van der Waals surface area contributed by atoms with E-state index in [2.05, 4.69) is 32.2 Å². The lowest BCUT2D eigenvalue weighted by atomic mass is 9.89. The second-order valence-corrected chi connectivity index (χ2v) is 9.71. The summed E-state index contributed by atoms with van der Waals surface area (Å²) >= 11 is 0. The van der Waals surface area contributed by atoms with E-state index >= 15 is 0 Å². The van der Waals surface area contributed by atoms with Gasteiger partial charge >= 0.3 is 0 Å². The summed E-state index contributed by atoms with van der Waals surface area (Å²) in [5.41, 5.74) is 1.25. The van der Waals surface area contributed by atoms with Crippen LogP contribution in [0.1, 0.15) is 42.7 Å². The molecule has 2 aromatic heterocycles. The number of pyridine rings is 2. The van der Waals surface area contributed by atoms with Gasteiger partial charge in [0.05, 0.1) is 19.3 Å². The first-order chi connectivity index (χ1) is 15.6. The molecule has 4 aliphatic rings. The summed E-state index contributed by atoms with van der Waals surface area (Å²) in [6.45, 7) is 6.04. The summed E-state index contributed by atoms with van der Waals surface area (Å²) in [6.07, 6.45) is 2.47. The fraction of sp³-hybridized carbons (Fsp3) is 0.583. The highest BCUT2D eigenvalue weighted by atomic mass is 19.3. The lowest BCUT2D eigenvalue weighted by Gasteiger charge is -2.41. The summed E-state index contributed by atoms with van der Waals surface area (Å²) in [7, 11) is 0. The third-order valence-corrected chi connectivity index (χ3v) is 7.57. The first-order valence-electron chi connectivity index (χ1n) is 11.7. The number of halogens is 2. The van der Waals surface area contributed by atoms with Crippen molar-refractivity contribution >= 4 is 17.5 Å². The molecule has 6 rings (SSSR count). The minimum atomic E-state index is -2.52. The zero-order valence-corrected chi connectivity index (χ0v) is 18.1. The molecule has 8 heteroatoms. The molecule has 32 heavy (non-hydrogen) atoms. The summed E-state index contributed by atoms with van der Waals surface area (Å²) in [6, 6.07) is 7.69. The standard InChI is InChI=1S/C24H29F2N5O/c25-24(26)16-1-4-27-21(8-16)28-22-9-17(10-23(29-22)31-11-18-7-19(18)12-31)15-2-5-30(6-3-15)20-13-32-14-20/h1,4,8-10,15,18-20,24H,2-3,5-7,11-14H2,(H,27,28,29). The molecule has 0 radical (unpaired) electrons. The third-order valence-electron chi connectivity index (χ3n) is 7.57. The summed E-state index contributed by atoms with van der Waals surface area (Å²) in [5, 5.41) is 3.20. The molecular formula is C24H29F2N5O. The number of alkyl halides is 2. The average molecular weight is 442 g/mol. The van der Waals surface area contributed by atoms with Gasteiger partial charge in [0.2, 0.25) is 0 Å². The maximum atomic E-state index is 13.1. The number of ether oxygens (including phenoxy) is 1. The molecule has 0 spiro atoms. The normalized spacial score (nSPS) is 26.3. The molecule has 4 fully saturated rings. The lowest BCUT2D eigenvalue weighted by Crippen LogP contribution is -2.51. The van der Waals surface area contributed by atoms with Crippen molar-refractivity contribution in [3.63, 3.8) is 0 Å². The molecule has 170 valence electrons. The van der Waals surface area contributed by atoms with E-state index in [1.54, 1.807) is 0 Å². The van der Waals surface area contributed by atoms with E-state index < -0.39 is 6.43 Å². The van der Waals surface area contributed by atoms with E-state index in [1.807, 2.05) is 0 Å². The van der Waals surface area contributed by atoms with Gasteiger partial charge in [-0.3, -0.25) is 4.90 Å². The Bertz CT molecular complexity index is 967. The zero-order valence-electron chi connectivity index (χ0n) is 18.1. The van der Waals surface area contributed by atoms with Crippen LogP contribution in [0, 0.1) is 11.8 Å². The second-order valence-electron chi connectivity index (χ2n) is 9.71. The van der Waals surface area contributed by atoms with Crippen LogP contribution < -0.4 is 10.2 Å². The Kier molecular flexibility index (Phi) is 5.22. The highest BCUT2D eigenvalue weighted by Crippen LogP contribution is 2.46. The van der Waals surface area contributed by atoms with Crippen molar-refractivity contribution in [2.45, 2.75) is 37.6 Å². The number of nitrogens with zero attached hydrogens (tertiary/aromatic N) is 4. The van der Waals surface area contributed by atoms with E-state index in [0.29, 0.717) is 23.6 Å². The van der Waals surface area contributed by atoms with Crippen LogP contribution in [0.4, 0.5) is 26.2 Å². The highest BCUT2D eigenvalue weighted by molar-refractivity contribution is 5.59. The number of piperidine rings is 2. The quantitative estimate of drug-likeness (QED) is 0.726. The minimum Gasteiger partial charge on any atom is -0.378 e. The largest absolute Gasteiger partial charge is 0.378 e. The van der Waals surface area contributed by atoms with Crippen molar-refractivity contribution in [2.24, 2.45) is 11.8 Å². The summed E-state index contributed by atoms with van der Waals surface area (Å²) < 4.78 is 31.6. The van der Waals surface area contributed by atoms with Crippen LogP contribution in [0.15, 0.2) is 30.5 Å². The van der Waals surface area contributed by atoms with E-state index in [9.17, 15) is 8.78 Å². The van der Waals surface area contributed by atoms with Crippen LogP contribution in [-0.4, -0.2) is 60.3 Å². The Labute approximate surface area is 187 Å². The van der Waals surface area contributed by atoms with Crippen molar-refractivity contribution in [1.29, 1.82) is 0 Å². The van der Waals surface area contributed by atoms with E-state index in [-0.39, 0.29) is 5.56 Å². The molecule has 2 atom stereocenters. The molecule has 0 amide bonds. The van der Waals surface area contributed by atoms with Gasteiger partial charge < -0.3 is 15.0 Å². The number of hydrogen-bond acceptors (Lipinski definition) is 6. The van der Waals surface area contributed by atoms with Gasteiger partial charge in [-0.15, -0.1) is 0 Å². The van der Waals surface area contributed by atoms with E-state index in [1.165, 1.54) is 30.3 Å². The topological polar surface area (TPSA) is 53.5 Å². The Morgan fingerprint density at radius 2 is 1.81 bits per heavy atom. The maximum Gasteiger partial charge on any atom is 0.264 e. The number of anilines is 3. The number of hydrogen-bond donors (Lipinski definition) is 1. The predicted molar refractivity (Wildman–Crippen MR) is 119 cm³/mol. The van der Waals surface area contributed by atoms with Crippen LogP contribution in [-0.2, 0) is 4.74 Å². The minimum absolute atomic E-state index is 0.0362. The SMILES string of the molecule is FC(F)c1ccnc(Nc2cc(C3CCN(C4COC4)CC3)cc(N3CC4CC4C3)n2)c1. The van der Waals surface area contributed by atoms with E-state index in [0.717, 1.165) is 69.9 Å². The van der Waals surface area contributed by atoms with Gasteiger partial charge in [0.15, 0.2) is 0 Å². The smallest absolute Gasteiger partial charge is 0.264 e. The highest BCUT2D eigenvalue weighted by Gasteiger charge is 2.45. The van der Waals surface area contributed by atoms with Crippen LogP contribution in [0.3, 0.4) is 0 Å². The number of nitrogens with one attached hydrogen (secondary N) is 1. The Hall–Kier alpha value is -2.32. The fourth-order valence-corrected chi connectivity index (χ4v) is 5.40. The van der Waals surface area contributed by atoms with Crippen LogP contribution in [0.2, 0.25) is 0 Å². The van der Waals surface area contributed by atoms with Crippen LogP contribution in [0.5, 0.6) is 0 Å². The zero-order chi connectivity index (χ0) is 21.7. The lowest BCUT2D eigenvalue weighted by molar-refractivity contribution is -0.0712. The number of likely N-dealkylation sites (tertiary alicyclic amines) is 1. The average Bonchev–Trinajstić information content (AvgIpc) is 3.38. The van der Waals surface area contributed by atoms with Gasteiger partial charge in [-0.1, -0.05) is 0 Å². The molecule has 0 bridgehead atoms. The molecule has 2 aromatic rings. The van der Waals surface area contributed by atoms with Crippen molar-refractivity contribution in [1.82, 2.24) is 14.9 Å². The fourth-order valence-electron chi connectivity index (χ4n) is 5.40. The first kappa shape index (κ1) is 20.3. The molecule has 1 aliphatic carbocycles. The van der Waals surface area contributed by atoms with Crippen molar-refractivity contribution in [3.05, 3.63) is 41.6 Å². The Morgan fingerprint density at radius 3 is 2.50 bits per heavy atom. The summed E-state index contributed by atoms with van der Waals surface area (Å²) in [4.78, 5) is 14.0. The molecule has 3 aliphatic heterocycles. The molecular weight excluding hydrogens is 412 g/mol. The molecule has 6 nitrogen and oxygen atoms in total. The van der Waals surface area contributed by atoms with Gasteiger partial charge in [-0.25, -0.2) is 18.7 Å². The molecule has 3 saturated heterocycles. The number of aromatic nitrogens is 2. The Balaban J connectivity index is 1.24. The van der Waals surface area contributed by atoms with Crippen molar-refractivity contribution in [2.75, 3.05) is 49.6 Å². The van der Waals surface area contributed by atoms with Gasteiger partial charge in [0.1, 0.15) is 17.5 Å². The number of rotatable bonds is 6. The number of fused-ring (bicyclic) bond motifs is 1. The van der Waals surface area contributed by atoms with Gasteiger partial charge in [-0.05, 0) is 79.9 Å². The van der Waals surface area contributed by atoms with Gasteiger partial charge in [0.25, 0.3) is 6.43 Å². The molecule has 0 aromatic carbocycles. The third kappa shape index (κ3) is 4.06. The van der Waals surface area contributed by atoms with Gasteiger partial charge in [-0.2, -0.15) is 0 Å². The maximum absolute atomic E-state index is 13.1. The van der Waals surface area contributed by atoms with Crippen molar-refractivity contribution in [3.8, 4) is 0 Å². The van der Waals surface area contributed by atoms with Gasteiger partial charge in [0, 0.05) is 24.8 Å². The molecule has 1 saturated carbocycles. The van der Waals surface area contributed by atoms with Crippen LogP contribution >= 0.6 is 0 Å². The Morgan fingerprint density at radius 1 is 1.03 bits per heavy atom. The predicted octanol–water partition coefficient (Wildman–Crippen LogP) is 4.19. The van der Waals surface area contributed by atoms with Crippen LogP contribution in [0.25, 0.3) is 0 Å². The molecule has 2 unspecified atom stereocenters. The van der Waals surface area contributed by atoms with E-state index in [4.69, 9.17) is 9.72 Å².